The molecular formula is C28H26N6O. The molecule has 3 aromatic heterocycles. The number of aromatic nitrogens is 4. The molecule has 0 spiro atoms. The summed E-state index contributed by atoms with van der Waals surface area (Å²) >= 11 is 0. The van der Waals surface area contributed by atoms with Gasteiger partial charge < -0.3 is 15.8 Å². The number of nitrogens with one attached hydrogen (secondary N) is 1. The van der Waals surface area contributed by atoms with E-state index in [0.717, 1.165) is 45.7 Å². The van der Waals surface area contributed by atoms with Crippen molar-refractivity contribution in [2.24, 2.45) is 5.73 Å². The molecule has 0 saturated carbocycles. The van der Waals surface area contributed by atoms with E-state index in [-0.39, 0.29) is 6.04 Å². The molecule has 0 fully saturated rings. The van der Waals surface area contributed by atoms with Crippen LogP contribution in [0.4, 0.5) is 5.82 Å². The van der Waals surface area contributed by atoms with E-state index < -0.39 is 0 Å². The van der Waals surface area contributed by atoms with Gasteiger partial charge in [0, 0.05) is 47.7 Å². The van der Waals surface area contributed by atoms with Gasteiger partial charge in [0.05, 0.1) is 12.8 Å². The molecule has 0 saturated heterocycles. The summed E-state index contributed by atoms with van der Waals surface area (Å²) < 4.78 is 5.31. The second-order valence-electron chi connectivity index (χ2n) is 8.25. The molecule has 0 unspecified atom stereocenters. The summed E-state index contributed by atoms with van der Waals surface area (Å²) in [6, 6.07) is 23.7. The highest BCUT2D eigenvalue weighted by Crippen LogP contribution is 2.31. The van der Waals surface area contributed by atoms with Crippen molar-refractivity contribution in [2.75, 3.05) is 19.0 Å². The summed E-state index contributed by atoms with van der Waals surface area (Å²) in [5.41, 5.74) is 11.0. The van der Waals surface area contributed by atoms with Gasteiger partial charge in [0.25, 0.3) is 0 Å². The Labute approximate surface area is 204 Å². The van der Waals surface area contributed by atoms with E-state index in [2.05, 4.69) is 27.4 Å². The second-order valence-corrected chi connectivity index (χ2v) is 8.25. The van der Waals surface area contributed by atoms with E-state index in [4.69, 9.17) is 20.4 Å². The topological polar surface area (TPSA) is 98.8 Å². The zero-order chi connectivity index (χ0) is 24.0. The van der Waals surface area contributed by atoms with Crippen molar-refractivity contribution >= 4 is 16.7 Å². The number of pyridine rings is 2. The zero-order valence-electron chi connectivity index (χ0n) is 19.4. The second kappa shape index (κ2) is 10.3. The number of rotatable bonds is 8. The summed E-state index contributed by atoms with van der Waals surface area (Å²) in [5.74, 6) is 2.11. The minimum atomic E-state index is -0.0744. The monoisotopic (exact) mass is 462 g/mol. The predicted molar refractivity (Wildman–Crippen MR) is 139 cm³/mol. The number of anilines is 1. The lowest BCUT2D eigenvalue weighted by atomic mass is 10.1. The Morgan fingerprint density at radius 3 is 2.37 bits per heavy atom. The summed E-state index contributed by atoms with van der Waals surface area (Å²) in [6.45, 7) is 0.566. The Balaban J connectivity index is 1.54. The van der Waals surface area contributed by atoms with Crippen molar-refractivity contribution in [2.45, 2.75) is 12.5 Å². The molecule has 0 amide bonds. The number of methoxy groups -OCH3 is 1. The molecule has 2 aromatic carbocycles. The van der Waals surface area contributed by atoms with Gasteiger partial charge in [-0.25, -0.2) is 9.97 Å². The molecule has 7 nitrogen and oxygen atoms in total. The van der Waals surface area contributed by atoms with Crippen LogP contribution in [0.1, 0.15) is 5.56 Å². The van der Waals surface area contributed by atoms with Gasteiger partial charge >= 0.3 is 0 Å². The Kier molecular flexibility index (Phi) is 6.59. The lowest BCUT2D eigenvalue weighted by Crippen LogP contribution is -2.31. The molecule has 0 aliphatic carbocycles. The molecule has 0 aliphatic heterocycles. The van der Waals surface area contributed by atoms with Gasteiger partial charge in [-0.2, -0.15) is 0 Å². The number of hydrogen-bond donors (Lipinski definition) is 2. The third kappa shape index (κ3) is 5.10. The first-order valence-corrected chi connectivity index (χ1v) is 11.5. The molecule has 0 bridgehead atoms. The Morgan fingerprint density at radius 2 is 1.63 bits per heavy atom. The maximum absolute atomic E-state index is 6.46. The fraction of sp³-hybridized carbons (Fsp3) is 0.143. The number of nitrogens with zero attached hydrogens (tertiary/aromatic N) is 4. The third-order valence-corrected chi connectivity index (χ3v) is 5.79. The number of nitrogens with two attached hydrogens (primary N) is 1. The fourth-order valence-electron chi connectivity index (χ4n) is 4.00. The first-order valence-electron chi connectivity index (χ1n) is 11.5. The molecule has 0 aliphatic rings. The van der Waals surface area contributed by atoms with E-state index in [1.54, 1.807) is 25.7 Å². The van der Waals surface area contributed by atoms with E-state index in [9.17, 15) is 0 Å². The average Bonchev–Trinajstić information content (AvgIpc) is 2.92. The molecule has 5 aromatic rings. The SMILES string of the molecule is COc1ccc(-c2nccc3c(NC[C@@H](N)Cc4ccccc4)nc(-c4ccncc4)nc23)cc1. The normalized spacial score (nSPS) is 11.8. The summed E-state index contributed by atoms with van der Waals surface area (Å²) in [6.07, 6.45) is 6.03. The van der Waals surface area contributed by atoms with Gasteiger partial charge in [0.15, 0.2) is 5.82 Å². The van der Waals surface area contributed by atoms with Crippen molar-refractivity contribution in [3.05, 3.63) is 97.0 Å². The van der Waals surface area contributed by atoms with Crippen LogP contribution < -0.4 is 15.8 Å². The van der Waals surface area contributed by atoms with E-state index in [1.165, 1.54) is 5.56 Å². The number of fused-ring (bicyclic) bond motifs is 1. The van der Waals surface area contributed by atoms with Crippen LogP contribution in [0.25, 0.3) is 33.5 Å². The standard InChI is InChI=1S/C28H26N6O/c1-35-23-9-7-20(8-10-23)25-26-24(13-16-31-25)28(34-27(33-26)21-11-14-30-15-12-21)32-18-22(29)17-19-5-3-2-4-6-19/h2-16,22H,17-18,29H2,1H3,(H,32,33,34)/t22-/m0/s1. The Hall–Kier alpha value is -4.36. The molecule has 3 N–H and O–H groups in total. The molecule has 3 heterocycles. The van der Waals surface area contributed by atoms with Crippen LogP contribution in [0.5, 0.6) is 5.75 Å². The van der Waals surface area contributed by atoms with Gasteiger partial charge in [0.1, 0.15) is 17.1 Å². The van der Waals surface area contributed by atoms with E-state index in [1.807, 2.05) is 60.7 Å². The highest BCUT2D eigenvalue weighted by atomic mass is 16.5. The van der Waals surface area contributed by atoms with Crippen LogP contribution in [-0.4, -0.2) is 39.6 Å². The highest BCUT2D eigenvalue weighted by Gasteiger charge is 2.15. The van der Waals surface area contributed by atoms with Crippen LogP contribution in [0, 0.1) is 0 Å². The highest BCUT2D eigenvalue weighted by molar-refractivity contribution is 5.98. The summed E-state index contributed by atoms with van der Waals surface area (Å²) in [7, 11) is 1.65. The number of ether oxygens (including phenoxy) is 1. The van der Waals surface area contributed by atoms with Crippen LogP contribution in [0.3, 0.4) is 0 Å². The minimum absolute atomic E-state index is 0.0744. The van der Waals surface area contributed by atoms with Gasteiger partial charge in [0.2, 0.25) is 0 Å². The van der Waals surface area contributed by atoms with Crippen molar-refractivity contribution in [3.63, 3.8) is 0 Å². The van der Waals surface area contributed by atoms with E-state index in [0.29, 0.717) is 12.4 Å². The number of benzene rings is 2. The van der Waals surface area contributed by atoms with Crippen molar-refractivity contribution in [3.8, 4) is 28.4 Å². The predicted octanol–water partition coefficient (Wildman–Crippen LogP) is 4.74. The fourth-order valence-corrected chi connectivity index (χ4v) is 4.00. The van der Waals surface area contributed by atoms with Crippen molar-refractivity contribution in [1.29, 1.82) is 0 Å². The van der Waals surface area contributed by atoms with Crippen LogP contribution in [-0.2, 0) is 6.42 Å². The van der Waals surface area contributed by atoms with E-state index >= 15 is 0 Å². The van der Waals surface area contributed by atoms with Gasteiger partial charge in [-0.3, -0.25) is 9.97 Å². The van der Waals surface area contributed by atoms with Crippen molar-refractivity contribution < 1.29 is 4.74 Å². The van der Waals surface area contributed by atoms with Gasteiger partial charge in [-0.05, 0) is 54.4 Å². The van der Waals surface area contributed by atoms with Gasteiger partial charge in [-0.15, -0.1) is 0 Å². The number of hydrogen-bond acceptors (Lipinski definition) is 7. The van der Waals surface area contributed by atoms with Gasteiger partial charge in [-0.1, -0.05) is 30.3 Å². The molecule has 5 rings (SSSR count). The lowest BCUT2D eigenvalue weighted by molar-refractivity contribution is 0.415. The van der Waals surface area contributed by atoms with Crippen LogP contribution in [0.15, 0.2) is 91.4 Å². The third-order valence-electron chi connectivity index (χ3n) is 5.79. The molecular weight excluding hydrogens is 436 g/mol. The zero-order valence-corrected chi connectivity index (χ0v) is 19.4. The summed E-state index contributed by atoms with van der Waals surface area (Å²) in [5, 5.41) is 4.36. The van der Waals surface area contributed by atoms with Crippen molar-refractivity contribution in [1.82, 2.24) is 19.9 Å². The average molecular weight is 463 g/mol. The first-order chi connectivity index (χ1) is 17.2. The largest absolute Gasteiger partial charge is 0.497 e. The quantitative estimate of drug-likeness (QED) is 0.343. The molecule has 35 heavy (non-hydrogen) atoms. The Bertz CT molecular complexity index is 1410. The van der Waals surface area contributed by atoms with Crippen LogP contribution >= 0.6 is 0 Å². The Morgan fingerprint density at radius 1 is 0.857 bits per heavy atom. The van der Waals surface area contributed by atoms with Crippen LogP contribution in [0.2, 0.25) is 0 Å². The maximum atomic E-state index is 6.46. The minimum Gasteiger partial charge on any atom is -0.497 e. The smallest absolute Gasteiger partial charge is 0.162 e. The molecule has 174 valence electrons. The molecule has 1 atom stereocenters. The maximum Gasteiger partial charge on any atom is 0.162 e. The summed E-state index contributed by atoms with van der Waals surface area (Å²) in [4.78, 5) is 18.6. The first kappa shape index (κ1) is 22.4. The lowest BCUT2D eigenvalue weighted by Gasteiger charge is -2.16. The molecule has 7 heteroatoms. The molecule has 0 radical (unpaired) electrons.